The molecule has 0 spiro atoms. The number of rotatable bonds is 16. The minimum atomic E-state index is -0.400. The minimum absolute atomic E-state index is 0.0216. The number of halogens is 2. The van der Waals surface area contributed by atoms with E-state index in [9.17, 15) is 9.18 Å². The van der Waals surface area contributed by atoms with Crippen LogP contribution in [0.3, 0.4) is 0 Å². The molecule has 1 aliphatic heterocycles. The van der Waals surface area contributed by atoms with E-state index in [1.165, 1.54) is 12.3 Å². The Kier molecular flexibility index (Phi) is 15.4. The molecular weight excluding hydrogens is 601 g/mol. The summed E-state index contributed by atoms with van der Waals surface area (Å²) >= 11 is 6.45. The van der Waals surface area contributed by atoms with Gasteiger partial charge < -0.3 is 20.9 Å². The van der Waals surface area contributed by atoms with Gasteiger partial charge in [0.25, 0.3) is 0 Å². The smallest absolute Gasteiger partial charge is 0.225 e. The summed E-state index contributed by atoms with van der Waals surface area (Å²) in [5.74, 6) is 0.908. The average molecular weight is 648 g/mol. The van der Waals surface area contributed by atoms with Crippen molar-refractivity contribution < 1.29 is 9.18 Å². The number of pyridine rings is 2. The normalized spacial score (nSPS) is 18.6. The lowest BCUT2D eigenvalue weighted by molar-refractivity contribution is -0.116. The van der Waals surface area contributed by atoms with Gasteiger partial charge in [-0.1, -0.05) is 55.0 Å². The van der Waals surface area contributed by atoms with Gasteiger partial charge in [-0.3, -0.25) is 14.8 Å². The van der Waals surface area contributed by atoms with E-state index in [0.717, 1.165) is 34.8 Å². The molecule has 3 rings (SSSR count). The monoisotopic (exact) mass is 647 g/mol. The first-order chi connectivity index (χ1) is 22.2. The van der Waals surface area contributed by atoms with Gasteiger partial charge >= 0.3 is 0 Å². The number of amidine groups is 1. The zero-order valence-electron chi connectivity index (χ0n) is 27.4. The lowest BCUT2D eigenvalue weighted by atomic mass is 10.1. The molecule has 0 fully saturated rings. The highest BCUT2D eigenvalue weighted by molar-refractivity contribution is 6.29. The fraction of sp³-hybridized carbons (Fsp3) is 0.389. The van der Waals surface area contributed by atoms with Gasteiger partial charge in [0.2, 0.25) is 5.91 Å². The highest BCUT2D eigenvalue weighted by Gasteiger charge is 2.19. The van der Waals surface area contributed by atoms with E-state index >= 15 is 0 Å². The maximum atomic E-state index is 14.1. The van der Waals surface area contributed by atoms with Gasteiger partial charge in [0, 0.05) is 55.9 Å². The van der Waals surface area contributed by atoms with Crippen molar-refractivity contribution in [2.45, 2.75) is 72.0 Å². The first kappa shape index (κ1) is 36.4. The summed E-state index contributed by atoms with van der Waals surface area (Å²) in [4.78, 5) is 28.7. The molecule has 2 aromatic heterocycles. The number of aromatic nitrogens is 2. The number of anilines is 2. The fourth-order valence-electron chi connectivity index (χ4n) is 4.78. The Labute approximate surface area is 278 Å². The largest absolute Gasteiger partial charge is 0.363 e. The fourth-order valence-corrected chi connectivity index (χ4v) is 4.92. The van der Waals surface area contributed by atoms with E-state index in [4.69, 9.17) is 16.6 Å². The third kappa shape index (κ3) is 12.0. The summed E-state index contributed by atoms with van der Waals surface area (Å²) in [6, 6.07) is 4.86. The molecule has 0 aromatic carbocycles. The SMILES string of the molecule is C=CCC=C(/C=C(/Cl)CC)CN1C(CCNCCC(=O)Nc2c(C)ccnc2NCc2ncccc2F)=NC(C)/C=C\C=C/C1C. The highest BCUT2D eigenvalue weighted by Crippen LogP contribution is 2.24. The van der Waals surface area contributed by atoms with Crippen LogP contribution >= 0.6 is 11.6 Å². The molecule has 1 amide bonds. The predicted molar refractivity (Wildman–Crippen MR) is 190 cm³/mol. The molecule has 2 unspecified atom stereocenters. The van der Waals surface area contributed by atoms with Crippen LogP contribution in [0, 0.1) is 12.7 Å². The maximum absolute atomic E-state index is 14.1. The second kappa shape index (κ2) is 19.4. The number of hydrogen-bond acceptors (Lipinski definition) is 7. The van der Waals surface area contributed by atoms with Crippen molar-refractivity contribution >= 4 is 34.8 Å². The first-order valence-corrected chi connectivity index (χ1v) is 16.2. The molecule has 0 radical (unpaired) electrons. The summed E-state index contributed by atoms with van der Waals surface area (Å²) in [6.45, 7) is 14.0. The Morgan fingerprint density at radius 1 is 1.15 bits per heavy atom. The van der Waals surface area contributed by atoms with E-state index in [2.05, 4.69) is 75.5 Å². The lowest BCUT2D eigenvalue weighted by Gasteiger charge is -2.32. The minimum Gasteiger partial charge on any atom is -0.363 e. The zero-order valence-corrected chi connectivity index (χ0v) is 28.2. The van der Waals surface area contributed by atoms with Crippen LogP contribution in [0.5, 0.6) is 0 Å². The summed E-state index contributed by atoms with van der Waals surface area (Å²) < 4.78 is 14.1. The standard InChI is InChI=1S/C36H47ClFN7O/c1-6-8-14-29(23-30(37)7-2)25-45-28(5)13-10-9-12-27(4)43-33(45)17-20-39-21-18-34(46)44-35-26(3)16-22-41-36(35)42-24-32-31(38)15-11-19-40-32/h6,9-16,19,22-23,27-28,39H,1,7-8,17-18,20-21,24-25H2,2-5H3,(H,41,42)(H,44,46)/b12-9-,13-10-,29-14?,30-23+,43-33?. The van der Waals surface area contributed by atoms with Crippen LogP contribution in [0.25, 0.3) is 0 Å². The van der Waals surface area contributed by atoms with Crippen molar-refractivity contribution in [1.29, 1.82) is 0 Å². The Morgan fingerprint density at radius 2 is 1.96 bits per heavy atom. The van der Waals surface area contributed by atoms with E-state index in [1.807, 2.05) is 38.1 Å². The number of nitrogens with zero attached hydrogens (tertiary/aromatic N) is 4. The molecule has 8 nitrogen and oxygen atoms in total. The van der Waals surface area contributed by atoms with Crippen LogP contribution in [0.15, 0.2) is 95.3 Å². The van der Waals surface area contributed by atoms with Crippen LogP contribution in [0.2, 0.25) is 0 Å². The highest BCUT2D eigenvalue weighted by atomic mass is 35.5. The van der Waals surface area contributed by atoms with Gasteiger partial charge in [-0.05, 0) is 69.0 Å². The second-order valence-electron chi connectivity index (χ2n) is 11.1. The molecule has 10 heteroatoms. The number of carbonyl (C=O) groups is 1. The molecule has 0 bridgehead atoms. The van der Waals surface area contributed by atoms with Crippen LogP contribution in [0.1, 0.15) is 57.7 Å². The zero-order chi connectivity index (χ0) is 33.3. The number of amides is 1. The van der Waals surface area contributed by atoms with Gasteiger partial charge in [-0.2, -0.15) is 0 Å². The van der Waals surface area contributed by atoms with Crippen molar-refractivity contribution in [3.8, 4) is 0 Å². The third-order valence-corrected chi connectivity index (χ3v) is 7.76. The van der Waals surface area contributed by atoms with Crippen molar-refractivity contribution in [2.24, 2.45) is 4.99 Å². The number of hydrogen-bond donors (Lipinski definition) is 3. The van der Waals surface area contributed by atoms with E-state index < -0.39 is 5.82 Å². The first-order valence-electron chi connectivity index (χ1n) is 15.9. The molecule has 2 atom stereocenters. The summed E-state index contributed by atoms with van der Waals surface area (Å²) in [7, 11) is 0. The molecular formula is C36H47ClFN7O. The number of nitrogens with one attached hydrogen (secondary N) is 3. The molecule has 1 aliphatic rings. The molecule has 46 heavy (non-hydrogen) atoms. The number of allylic oxidation sites excluding steroid dienone is 5. The van der Waals surface area contributed by atoms with Crippen molar-refractivity contribution in [1.82, 2.24) is 20.2 Å². The van der Waals surface area contributed by atoms with Crippen molar-refractivity contribution in [3.63, 3.8) is 0 Å². The van der Waals surface area contributed by atoms with Gasteiger partial charge in [-0.25, -0.2) is 9.37 Å². The van der Waals surface area contributed by atoms with Crippen molar-refractivity contribution in [2.75, 3.05) is 30.3 Å². The van der Waals surface area contributed by atoms with Gasteiger partial charge in [0.15, 0.2) is 0 Å². The average Bonchev–Trinajstić information content (AvgIpc) is 3.10. The third-order valence-electron chi connectivity index (χ3n) is 7.38. The predicted octanol–water partition coefficient (Wildman–Crippen LogP) is 7.48. The number of carbonyl (C=O) groups excluding carboxylic acids is 1. The Hall–Kier alpha value is -4.08. The maximum Gasteiger partial charge on any atom is 0.225 e. The second-order valence-corrected chi connectivity index (χ2v) is 11.6. The van der Waals surface area contributed by atoms with Crippen LogP contribution < -0.4 is 16.0 Å². The molecule has 0 saturated carbocycles. The van der Waals surface area contributed by atoms with Crippen LogP contribution in [0.4, 0.5) is 15.9 Å². The van der Waals surface area contributed by atoms with Gasteiger partial charge in [0.1, 0.15) is 17.5 Å². The molecule has 2 aromatic rings. The Balaban J connectivity index is 1.61. The quantitative estimate of drug-likeness (QED) is 0.0993. The molecule has 0 saturated heterocycles. The van der Waals surface area contributed by atoms with Gasteiger partial charge in [0.05, 0.1) is 24.0 Å². The van der Waals surface area contributed by atoms with Crippen LogP contribution in [-0.2, 0) is 11.3 Å². The summed E-state index contributed by atoms with van der Waals surface area (Å²) in [5, 5.41) is 10.3. The molecule has 0 aliphatic carbocycles. The summed E-state index contributed by atoms with van der Waals surface area (Å²) in [6.07, 6.45) is 20.1. The molecule has 246 valence electrons. The van der Waals surface area contributed by atoms with Crippen LogP contribution in [-0.4, -0.2) is 58.3 Å². The Bertz CT molecular complexity index is 1470. The number of aryl methyl sites for hydroxylation is 1. The summed E-state index contributed by atoms with van der Waals surface area (Å²) in [5.41, 5.74) is 2.81. The van der Waals surface area contributed by atoms with E-state index in [1.54, 1.807) is 12.3 Å². The van der Waals surface area contributed by atoms with Crippen molar-refractivity contribution in [3.05, 3.63) is 107 Å². The number of aliphatic imine (C=N–C) groups is 1. The van der Waals surface area contributed by atoms with E-state index in [-0.39, 0.29) is 36.7 Å². The topological polar surface area (TPSA) is 94.5 Å². The molecule has 3 N–H and O–H groups in total. The Morgan fingerprint density at radius 3 is 2.72 bits per heavy atom. The lowest BCUT2D eigenvalue weighted by Crippen LogP contribution is -2.41. The van der Waals surface area contributed by atoms with Gasteiger partial charge in [-0.15, -0.1) is 6.58 Å². The molecule has 3 heterocycles. The van der Waals surface area contributed by atoms with E-state index in [0.29, 0.717) is 37.6 Å².